The van der Waals surface area contributed by atoms with Gasteiger partial charge < -0.3 is 10.2 Å². The van der Waals surface area contributed by atoms with E-state index in [0.29, 0.717) is 28.2 Å². The highest BCUT2D eigenvalue weighted by atomic mass is 16.4. The zero-order valence-corrected chi connectivity index (χ0v) is 19.2. The van der Waals surface area contributed by atoms with E-state index in [0.717, 1.165) is 23.1 Å². The fourth-order valence-corrected chi connectivity index (χ4v) is 4.43. The van der Waals surface area contributed by atoms with Gasteiger partial charge >= 0.3 is 11.9 Å². The zero-order chi connectivity index (χ0) is 24.2. The van der Waals surface area contributed by atoms with Crippen LogP contribution in [0.4, 0.5) is 0 Å². The molecule has 0 saturated carbocycles. The predicted octanol–water partition coefficient (Wildman–Crippen LogP) is 7.28. The van der Waals surface area contributed by atoms with Crippen LogP contribution in [0.3, 0.4) is 0 Å². The van der Waals surface area contributed by atoms with Gasteiger partial charge in [-0.15, -0.1) is 0 Å². The molecule has 0 aromatic heterocycles. The van der Waals surface area contributed by atoms with Gasteiger partial charge in [0.15, 0.2) is 0 Å². The minimum absolute atomic E-state index is 0.172. The molecule has 0 atom stereocenters. The van der Waals surface area contributed by atoms with E-state index in [2.05, 4.69) is 19.9 Å². The summed E-state index contributed by atoms with van der Waals surface area (Å²) in [6.07, 6.45) is 0.808. The minimum atomic E-state index is -1.03. The molecular formula is C30H26O4. The Morgan fingerprint density at radius 3 is 1.74 bits per heavy atom. The van der Waals surface area contributed by atoms with E-state index < -0.39 is 11.9 Å². The molecule has 0 fully saturated rings. The van der Waals surface area contributed by atoms with Gasteiger partial charge in [-0.25, -0.2) is 9.59 Å². The van der Waals surface area contributed by atoms with Crippen molar-refractivity contribution in [3.05, 3.63) is 108 Å². The highest BCUT2D eigenvalue weighted by molar-refractivity contribution is 6.06. The normalized spacial score (nSPS) is 10.9. The Bertz CT molecular complexity index is 1350. The van der Waals surface area contributed by atoms with E-state index in [-0.39, 0.29) is 11.1 Å². The molecule has 4 nitrogen and oxygen atoms in total. The molecule has 0 heterocycles. The molecule has 4 heteroatoms. The van der Waals surface area contributed by atoms with Crippen LogP contribution >= 0.6 is 0 Å². The molecular weight excluding hydrogens is 424 g/mol. The summed E-state index contributed by atoms with van der Waals surface area (Å²) in [6.45, 7) is 4.28. The SMILES string of the molecule is CC(C)Cc1cc(-c2ccccc2)c(-c2ccccc2C(=O)O)c(-c2ccccc2C(=O)O)c1. The number of aromatic carboxylic acids is 2. The Labute approximate surface area is 199 Å². The predicted molar refractivity (Wildman–Crippen MR) is 135 cm³/mol. The molecule has 34 heavy (non-hydrogen) atoms. The first-order valence-electron chi connectivity index (χ1n) is 11.2. The number of carboxylic acid groups (broad SMARTS) is 2. The quantitative estimate of drug-likeness (QED) is 0.310. The van der Waals surface area contributed by atoms with E-state index in [9.17, 15) is 19.8 Å². The van der Waals surface area contributed by atoms with Crippen molar-refractivity contribution >= 4 is 11.9 Å². The van der Waals surface area contributed by atoms with Crippen molar-refractivity contribution in [2.24, 2.45) is 5.92 Å². The molecule has 0 unspecified atom stereocenters. The number of hydrogen-bond acceptors (Lipinski definition) is 2. The summed E-state index contributed by atoms with van der Waals surface area (Å²) >= 11 is 0. The third-order valence-corrected chi connectivity index (χ3v) is 5.80. The Morgan fingerprint density at radius 1 is 0.647 bits per heavy atom. The first-order chi connectivity index (χ1) is 16.4. The second kappa shape index (κ2) is 9.75. The monoisotopic (exact) mass is 450 g/mol. The average Bonchev–Trinajstić information content (AvgIpc) is 2.83. The van der Waals surface area contributed by atoms with Crippen LogP contribution in [0.1, 0.15) is 40.1 Å². The lowest BCUT2D eigenvalue weighted by Gasteiger charge is -2.21. The molecule has 0 spiro atoms. The first kappa shape index (κ1) is 23.0. The van der Waals surface area contributed by atoms with Gasteiger partial charge in [0, 0.05) is 0 Å². The Morgan fingerprint density at radius 2 is 1.15 bits per heavy atom. The molecule has 170 valence electrons. The maximum atomic E-state index is 12.2. The van der Waals surface area contributed by atoms with Crippen LogP contribution in [0.25, 0.3) is 33.4 Å². The van der Waals surface area contributed by atoms with Crippen LogP contribution in [0.5, 0.6) is 0 Å². The van der Waals surface area contributed by atoms with E-state index in [1.54, 1.807) is 36.4 Å². The van der Waals surface area contributed by atoms with Gasteiger partial charge in [0.25, 0.3) is 0 Å². The molecule has 0 saturated heterocycles. The lowest BCUT2D eigenvalue weighted by molar-refractivity contribution is 0.0686. The van der Waals surface area contributed by atoms with E-state index >= 15 is 0 Å². The highest BCUT2D eigenvalue weighted by Gasteiger charge is 2.23. The maximum absolute atomic E-state index is 12.2. The van der Waals surface area contributed by atoms with Gasteiger partial charge in [-0.1, -0.05) is 92.7 Å². The van der Waals surface area contributed by atoms with Crippen molar-refractivity contribution in [3.8, 4) is 33.4 Å². The summed E-state index contributed by atoms with van der Waals surface area (Å²) in [5, 5.41) is 19.9. The standard InChI is InChI=1S/C30H26O4/c1-19(2)16-20-17-26(21-10-4-3-5-11-21)28(23-13-7-9-15-25(23)30(33)34)27(18-20)22-12-6-8-14-24(22)29(31)32/h3-15,17-19H,16H2,1-2H3,(H,31,32)(H,33,34). The molecule has 0 radical (unpaired) electrons. The molecule has 0 amide bonds. The first-order valence-corrected chi connectivity index (χ1v) is 11.2. The summed E-state index contributed by atoms with van der Waals surface area (Å²) in [5.74, 6) is -1.66. The van der Waals surface area contributed by atoms with Crippen LogP contribution in [0, 0.1) is 5.92 Å². The topological polar surface area (TPSA) is 74.6 Å². The third-order valence-electron chi connectivity index (χ3n) is 5.80. The van der Waals surface area contributed by atoms with Gasteiger partial charge in [0.05, 0.1) is 11.1 Å². The fraction of sp³-hybridized carbons (Fsp3) is 0.133. The number of benzene rings is 4. The second-order valence-electron chi connectivity index (χ2n) is 8.73. The summed E-state index contributed by atoms with van der Waals surface area (Å²) < 4.78 is 0. The molecule has 4 rings (SSSR count). The smallest absolute Gasteiger partial charge is 0.336 e. The van der Waals surface area contributed by atoms with Crippen LogP contribution < -0.4 is 0 Å². The Hall–Kier alpha value is -4.18. The number of hydrogen-bond donors (Lipinski definition) is 2. The molecule has 0 aliphatic heterocycles. The summed E-state index contributed by atoms with van der Waals surface area (Å²) in [6, 6.07) is 27.7. The van der Waals surface area contributed by atoms with Crippen molar-refractivity contribution in [3.63, 3.8) is 0 Å². The van der Waals surface area contributed by atoms with Crippen molar-refractivity contribution < 1.29 is 19.8 Å². The number of rotatable bonds is 7. The third kappa shape index (κ3) is 4.62. The van der Waals surface area contributed by atoms with E-state index in [1.165, 1.54) is 0 Å². The second-order valence-corrected chi connectivity index (χ2v) is 8.73. The zero-order valence-electron chi connectivity index (χ0n) is 19.2. The van der Waals surface area contributed by atoms with E-state index in [4.69, 9.17) is 0 Å². The summed E-state index contributed by atoms with van der Waals surface area (Å²) in [4.78, 5) is 24.3. The average molecular weight is 451 g/mol. The van der Waals surface area contributed by atoms with Gasteiger partial charge in [-0.3, -0.25) is 0 Å². The van der Waals surface area contributed by atoms with Crippen LogP contribution in [-0.4, -0.2) is 22.2 Å². The van der Waals surface area contributed by atoms with Crippen molar-refractivity contribution in [1.82, 2.24) is 0 Å². The molecule has 2 N–H and O–H groups in total. The lowest BCUT2D eigenvalue weighted by Crippen LogP contribution is -2.05. The minimum Gasteiger partial charge on any atom is -0.478 e. The van der Waals surface area contributed by atoms with E-state index in [1.807, 2.05) is 48.5 Å². The molecule has 0 bridgehead atoms. The van der Waals surface area contributed by atoms with Gasteiger partial charge in [0.2, 0.25) is 0 Å². The molecule has 0 aliphatic carbocycles. The lowest BCUT2D eigenvalue weighted by atomic mass is 9.82. The Kier molecular flexibility index (Phi) is 6.60. The van der Waals surface area contributed by atoms with Crippen molar-refractivity contribution in [1.29, 1.82) is 0 Å². The van der Waals surface area contributed by atoms with Gasteiger partial charge in [-0.05, 0) is 63.4 Å². The maximum Gasteiger partial charge on any atom is 0.336 e. The largest absolute Gasteiger partial charge is 0.478 e. The van der Waals surface area contributed by atoms with Crippen molar-refractivity contribution in [2.45, 2.75) is 20.3 Å². The number of carbonyl (C=O) groups is 2. The molecule has 0 aliphatic rings. The highest BCUT2D eigenvalue weighted by Crippen LogP contribution is 2.43. The Balaban J connectivity index is 2.18. The van der Waals surface area contributed by atoms with Crippen molar-refractivity contribution in [2.75, 3.05) is 0 Å². The fourth-order valence-electron chi connectivity index (χ4n) is 4.43. The number of carboxylic acids is 2. The summed E-state index contributed by atoms with van der Waals surface area (Å²) in [5.41, 5.74) is 5.78. The molecule has 4 aromatic rings. The van der Waals surface area contributed by atoms with Gasteiger partial charge in [0.1, 0.15) is 0 Å². The van der Waals surface area contributed by atoms with Crippen LogP contribution in [0.15, 0.2) is 91.0 Å². The van der Waals surface area contributed by atoms with Gasteiger partial charge in [-0.2, -0.15) is 0 Å². The molecule has 4 aromatic carbocycles. The summed E-state index contributed by atoms with van der Waals surface area (Å²) in [7, 11) is 0. The van der Waals surface area contributed by atoms with Crippen LogP contribution in [0.2, 0.25) is 0 Å². The van der Waals surface area contributed by atoms with Crippen LogP contribution in [-0.2, 0) is 6.42 Å².